The van der Waals surface area contributed by atoms with Crippen molar-refractivity contribution in [1.29, 1.82) is 0 Å². The van der Waals surface area contributed by atoms with Gasteiger partial charge in [-0.3, -0.25) is 40.2 Å². The van der Waals surface area contributed by atoms with Crippen molar-refractivity contribution in [3.63, 3.8) is 0 Å². The first-order valence-electron chi connectivity index (χ1n) is 14.4. The third-order valence-electron chi connectivity index (χ3n) is 6.17. The Labute approximate surface area is 308 Å². The molecule has 11 N–H and O–H groups in total. The highest BCUT2D eigenvalue weighted by Crippen LogP contribution is 2.32. The zero-order valence-electron chi connectivity index (χ0n) is 27.2. The molecule has 19 nitrogen and oxygen atoms in total. The maximum Gasteiger partial charge on any atom is 0.488 e. The van der Waals surface area contributed by atoms with Crippen molar-refractivity contribution in [2.24, 2.45) is 0 Å². The normalized spacial score (nSPS) is 9.30. The number of rotatable bonds is 5. The lowest BCUT2D eigenvalue weighted by Crippen LogP contribution is -2.29. The molecule has 0 unspecified atom stereocenters. The van der Waals surface area contributed by atoms with Crippen LogP contribution >= 0.6 is 11.6 Å². The molecule has 6 heterocycles. The summed E-state index contributed by atoms with van der Waals surface area (Å²) in [7, 11) is -0.381. The van der Waals surface area contributed by atoms with Gasteiger partial charge in [-0.2, -0.15) is 0 Å². The molecule has 53 heavy (non-hydrogen) atoms. The summed E-state index contributed by atoms with van der Waals surface area (Å²) in [6.45, 7) is 0. The van der Waals surface area contributed by atoms with Gasteiger partial charge in [0.15, 0.2) is 5.69 Å². The number of aliphatic hydroxyl groups excluding tert-OH is 1. The van der Waals surface area contributed by atoms with Crippen molar-refractivity contribution in [2.45, 2.75) is 7.43 Å². The fourth-order valence-electron chi connectivity index (χ4n) is 3.77. The first-order chi connectivity index (χ1) is 24.9. The fourth-order valence-corrected chi connectivity index (χ4v) is 4.00. The molecule has 6 rings (SSSR count). The van der Waals surface area contributed by atoms with E-state index in [1.165, 1.54) is 36.9 Å². The first kappa shape index (κ1) is 44.2. The average molecular weight is 747 g/mol. The molecule has 0 aliphatic carbocycles. The van der Waals surface area contributed by atoms with Crippen LogP contribution in [0.1, 0.15) is 7.43 Å². The zero-order chi connectivity index (χ0) is 38.6. The standard InChI is InChI=1S/C10H8N4O2.C10H10N4.C5H6BNO2.C5H4ClN3O2.CH4O.CH4/c11-8-3-6-13-9(10(8)14(15)16)7-1-4-12-5-2-7;11-8-3-6-14-10(9(8)12)7-1-4-13-5-2-7;8-6(9)5-1-3-7-4-2-5;6-5-4(9(10)11)3(7)1-2-8-5;1-2;/h1-6H,(H2,11,13);1-6H,12H2,(H2,11,14);1-4,8-9H;1-2H,(H2,7,8);2H,1H3;1H4. The summed E-state index contributed by atoms with van der Waals surface area (Å²) in [5.74, 6) is 0. The van der Waals surface area contributed by atoms with Crippen LogP contribution in [0.2, 0.25) is 5.15 Å². The fraction of sp³-hybridized carbons (Fsp3) is 0.0625. The Balaban J connectivity index is 0.000000352. The molecule has 0 aromatic carbocycles. The maximum atomic E-state index is 10.9. The number of halogens is 1. The summed E-state index contributed by atoms with van der Waals surface area (Å²) in [5.41, 5.74) is 25.9. The van der Waals surface area contributed by atoms with Crippen molar-refractivity contribution in [1.82, 2.24) is 29.9 Å². The van der Waals surface area contributed by atoms with Gasteiger partial charge < -0.3 is 38.1 Å². The van der Waals surface area contributed by atoms with Crippen LogP contribution in [0, 0.1) is 20.2 Å². The smallest absolute Gasteiger partial charge is 0.423 e. The number of aliphatic hydroxyl groups is 1. The van der Waals surface area contributed by atoms with Gasteiger partial charge in [0, 0.05) is 74.0 Å². The lowest BCUT2D eigenvalue weighted by Gasteiger charge is -2.05. The van der Waals surface area contributed by atoms with Crippen molar-refractivity contribution >= 4 is 58.3 Å². The van der Waals surface area contributed by atoms with Gasteiger partial charge in [-0.05, 0) is 60.1 Å². The van der Waals surface area contributed by atoms with Gasteiger partial charge in [-0.25, -0.2) is 9.97 Å². The third-order valence-corrected chi connectivity index (χ3v) is 6.44. The highest BCUT2D eigenvalue weighted by Gasteiger charge is 2.20. The summed E-state index contributed by atoms with van der Waals surface area (Å²) in [5, 5.41) is 45.0. The zero-order valence-corrected chi connectivity index (χ0v) is 28.0. The van der Waals surface area contributed by atoms with Gasteiger partial charge in [-0.15, -0.1) is 0 Å². The molecule has 0 saturated heterocycles. The molecular weight excluding hydrogens is 711 g/mol. The van der Waals surface area contributed by atoms with E-state index in [0.717, 1.165) is 12.7 Å². The van der Waals surface area contributed by atoms with E-state index < -0.39 is 17.0 Å². The van der Waals surface area contributed by atoms with E-state index in [2.05, 4.69) is 29.9 Å². The predicted octanol–water partition coefficient (Wildman–Crippen LogP) is 3.17. The van der Waals surface area contributed by atoms with E-state index in [-0.39, 0.29) is 41.0 Å². The summed E-state index contributed by atoms with van der Waals surface area (Å²) in [4.78, 5) is 43.1. The Bertz CT molecular complexity index is 2000. The number of nitrogen functional groups attached to an aromatic ring is 4. The molecule has 0 aliphatic rings. The largest absolute Gasteiger partial charge is 0.488 e. The van der Waals surface area contributed by atoms with Gasteiger partial charge >= 0.3 is 18.5 Å². The Morgan fingerprint density at radius 2 is 0.962 bits per heavy atom. The van der Waals surface area contributed by atoms with Gasteiger partial charge in [0.2, 0.25) is 5.15 Å². The van der Waals surface area contributed by atoms with Crippen LogP contribution in [-0.4, -0.2) is 69.1 Å². The highest BCUT2D eigenvalue weighted by atomic mass is 35.5. The van der Waals surface area contributed by atoms with Crippen molar-refractivity contribution in [2.75, 3.05) is 30.0 Å². The highest BCUT2D eigenvalue weighted by molar-refractivity contribution is 6.58. The number of hydrogen-bond acceptors (Lipinski definition) is 17. The molecule has 0 amide bonds. The van der Waals surface area contributed by atoms with Crippen LogP contribution in [0.5, 0.6) is 0 Å². The minimum absolute atomic E-state index is 0. The van der Waals surface area contributed by atoms with Gasteiger partial charge in [0.05, 0.1) is 26.9 Å². The topological polar surface area (TPSA) is 328 Å². The van der Waals surface area contributed by atoms with Gasteiger partial charge in [0.25, 0.3) is 0 Å². The average Bonchev–Trinajstić information content (AvgIpc) is 3.15. The van der Waals surface area contributed by atoms with Crippen molar-refractivity contribution in [3.8, 4) is 22.5 Å². The van der Waals surface area contributed by atoms with Crippen LogP contribution < -0.4 is 28.4 Å². The van der Waals surface area contributed by atoms with Crippen molar-refractivity contribution < 1.29 is 25.0 Å². The predicted molar refractivity (Wildman–Crippen MR) is 204 cm³/mol. The number of nitrogens with zero attached hydrogens (tertiary/aromatic N) is 8. The van der Waals surface area contributed by atoms with Gasteiger partial charge in [0.1, 0.15) is 11.4 Å². The molecule has 0 fully saturated rings. The van der Waals surface area contributed by atoms with Crippen LogP contribution in [0.3, 0.4) is 0 Å². The monoisotopic (exact) mass is 746 g/mol. The second-order valence-corrected chi connectivity index (χ2v) is 9.80. The Morgan fingerprint density at radius 3 is 1.36 bits per heavy atom. The molecule has 0 saturated carbocycles. The van der Waals surface area contributed by atoms with Gasteiger partial charge in [-0.1, -0.05) is 19.0 Å². The number of aromatic nitrogens is 6. The molecule has 0 radical (unpaired) electrons. The summed E-state index contributed by atoms with van der Waals surface area (Å²) in [6, 6.07) is 14.5. The summed E-state index contributed by atoms with van der Waals surface area (Å²) in [6.07, 6.45) is 13.9. The van der Waals surface area contributed by atoms with E-state index >= 15 is 0 Å². The Hall–Kier alpha value is -6.87. The van der Waals surface area contributed by atoms with Crippen LogP contribution in [0.25, 0.3) is 22.5 Å². The van der Waals surface area contributed by atoms with Crippen LogP contribution in [0.15, 0.2) is 110 Å². The molecule has 276 valence electrons. The van der Waals surface area contributed by atoms with E-state index in [1.54, 1.807) is 61.3 Å². The van der Waals surface area contributed by atoms with E-state index in [0.29, 0.717) is 28.1 Å². The lowest BCUT2D eigenvalue weighted by atomic mass is 9.81. The molecule has 0 atom stereocenters. The number of nitro groups is 2. The van der Waals surface area contributed by atoms with E-state index in [1.807, 2.05) is 12.1 Å². The quantitative estimate of drug-likeness (QED) is 0.0576. The van der Waals surface area contributed by atoms with Crippen LogP contribution in [-0.2, 0) is 0 Å². The molecule has 0 aliphatic heterocycles. The molecule has 6 aromatic rings. The maximum absolute atomic E-state index is 10.9. The SMILES string of the molecule is C.CO.Nc1ccnc(-c2ccncc2)c1N.Nc1ccnc(-c2ccncc2)c1[N+](=O)[O-].Nc1ccnc(Cl)c1[N+](=O)[O-].OB(O)c1ccncc1. The molecule has 6 aromatic heterocycles. The number of anilines is 4. The number of pyridine rings is 6. The lowest BCUT2D eigenvalue weighted by molar-refractivity contribution is -0.384. The Kier molecular flexibility index (Phi) is 19.0. The second kappa shape index (κ2) is 22.8. The van der Waals surface area contributed by atoms with Crippen LogP contribution in [0.4, 0.5) is 34.1 Å². The summed E-state index contributed by atoms with van der Waals surface area (Å²) >= 11 is 5.39. The minimum atomic E-state index is -1.38. The first-order valence-corrected chi connectivity index (χ1v) is 14.7. The van der Waals surface area contributed by atoms with E-state index in [4.69, 9.17) is 49.7 Å². The minimum Gasteiger partial charge on any atom is -0.423 e. The molecule has 0 spiro atoms. The third kappa shape index (κ3) is 13.4. The molecular formula is C32H36BClN12O7. The molecule has 21 heteroatoms. The van der Waals surface area contributed by atoms with Crippen molar-refractivity contribution in [3.05, 3.63) is 136 Å². The Morgan fingerprint density at radius 1 is 0.585 bits per heavy atom. The summed E-state index contributed by atoms with van der Waals surface area (Å²) < 4.78 is 0. The van der Waals surface area contributed by atoms with E-state index in [9.17, 15) is 20.2 Å². The molecule has 0 bridgehead atoms. The second-order valence-electron chi connectivity index (χ2n) is 9.44. The number of hydrogen-bond donors (Lipinski definition) is 7. The number of nitrogens with two attached hydrogens (primary N) is 4.